The highest BCUT2D eigenvalue weighted by Crippen LogP contribution is 2.30. The largest absolute Gasteiger partial charge is 0.490 e. The molecule has 1 saturated heterocycles. The molecule has 0 bridgehead atoms. The zero-order valence-electron chi connectivity index (χ0n) is 13.9. The number of hydrogen-bond acceptors (Lipinski definition) is 4. The van der Waals surface area contributed by atoms with Gasteiger partial charge in [0, 0.05) is 13.1 Å². The summed E-state index contributed by atoms with van der Waals surface area (Å²) in [5.74, 6) is 1.15. The highest BCUT2D eigenvalue weighted by Gasteiger charge is 2.20. The van der Waals surface area contributed by atoms with E-state index in [9.17, 15) is 8.78 Å². The molecular formula is C17H26F2N2O2. The first-order chi connectivity index (χ1) is 11.1. The van der Waals surface area contributed by atoms with Gasteiger partial charge in [-0.25, -0.2) is 0 Å². The standard InChI is InChI=1S/C17H26F2N2O2/c1-3-22-16-9-13(6-7-15(16)23-17(18)19)11-21-8-4-5-14(12-21)10-20-2/h6-7,9,14,17,20H,3-5,8,10-12H2,1-2H3. The minimum atomic E-state index is -2.84. The lowest BCUT2D eigenvalue weighted by Gasteiger charge is -2.32. The Kier molecular flexibility index (Phi) is 7.05. The molecule has 1 N–H and O–H groups in total. The summed E-state index contributed by atoms with van der Waals surface area (Å²) in [6.45, 7) is 3.35. The van der Waals surface area contributed by atoms with Gasteiger partial charge in [-0.05, 0) is 63.5 Å². The van der Waals surface area contributed by atoms with E-state index in [-0.39, 0.29) is 5.75 Å². The molecule has 2 rings (SSSR count). The molecule has 1 fully saturated rings. The van der Waals surface area contributed by atoms with E-state index in [1.54, 1.807) is 6.07 Å². The molecule has 1 aliphatic heterocycles. The zero-order chi connectivity index (χ0) is 16.7. The number of nitrogens with one attached hydrogen (secondary N) is 1. The lowest BCUT2D eigenvalue weighted by molar-refractivity contribution is -0.0514. The van der Waals surface area contributed by atoms with E-state index in [1.165, 1.54) is 12.8 Å². The summed E-state index contributed by atoms with van der Waals surface area (Å²) in [7, 11) is 1.98. The molecule has 130 valence electrons. The van der Waals surface area contributed by atoms with Crippen LogP contribution in [0.3, 0.4) is 0 Å². The first-order valence-corrected chi connectivity index (χ1v) is 8.19. The highest BCUT2D eigenvalue weighted by molar-refractivity contribution is 5.43. The molecule has 1 atom stereocenters. The Morgan fingerprint density at radius 2 is 2.17 bits per heavy atom. The number of hydrogen-bond donors (Lipinski definition) is 1. The van der Waals surface area contributed by atoms with Crippen LogP contribution in [0.1, 0.15) is 25.3 Å². The minimum Gasteiger partial charge on any atom is -0.490 e. The molecule has 0 aromatic heterocycles. The molecule has 23 heavy (non-hydrogen) atoms. The Hall–Kier alpha value is -1.40. The Balaban J connectivity index is 2.03. The fourth-order valence-electron chi connectivity index (χ4n) is 3.12. The van der Waals surface area contributed by atoms with Crippen molar-refractivity contribution in [1.29, 1.82) is 0 Å². The van der Waals surface area contributed by atoms with Crippen molar-refractivity contribution in [2.45, 2.75) is 32.9 Å². The van der Waals surface area contributed by atoms with Crippen LogP contribution in [0.2, 0.25) is 0 Å². The molecule has 4 nitrogen and oxygen atoms in total. The smallest absolute Gasteiger partial charge is 0.387 e. The Labute approximate surface area is 136 Å². The third kappa shape index (κ3) is 5.62. The van der Waals surface area contributed by atoms with Gasteiger partial charge in [0.25, 0.3) is 0 Å². The molecule has 0 amide bonds. The van der Waals surface area contributed by atoms with Crippen LogP contribution < -0.4 is 14.8 Å². The van der Waals surface area contributed by atoms with Crippen molar-refractivity contribution < 1.29 is 18.3 Å². The lowest BCUT2D eigenvalue weighted by atomic mass is 9.97. The van der Waals surface area contributed by atoms with Crippen LogP contribution in [-0.4, -0.2) is 44.8 Å². The van der Waals surface area contributed by atoms with Crippen molar-refractivity contribution in [1.82, 2.24) is 10.2 Å². The summed E-state index contributed by atoms with van der Waals surface area (Å²) in [6.07, 6.45) is 2.44. The van der Waals surface area contributed by atoms with Crippen LogP contribution in [0.15, 0.2) is 18.2 Å². The van der Waals surface area contributed by atoms with Crippen LogP contribution >= 0.6 is 0 Å². The number of benzene rings is 1. The zero-order valence-corrected chi connectivity index (χ0v) is 13.9. The van der Waals surface area contributed by atoms with E-state index in [0.29, 0.717) is 18.3 Å². The summed E-state index contributed by atoms with van der Waals surface area (Å²) in [5.41, 5.74) is 1.06. The molecule has 6 heteroatoms. The summed E-state index contributed by atoms with van der Waals surface area (Å²) in [4.78, 5) is 2.41. The fraction of sp³-hybridized carbons (Fsp3) is 0.647. The van der Waals surface area contributed by atoms with Gasteiger partial charge in [-0.3, -0.25) is 4.90 Å². The second-order valence-corrected chi connectivity index (χ2v) is 5.89. The summed E-state index contributed by atoms with van der Waals surface area (Å²) in [5, 5.41) is 3.24. The number of nitrogens with zero attached hydrogens (tertiary/aromatic N) is 1. The van der Waals surface area contributed by atoms with E-state index < -0.39 is 6.61 Å². The van der Waals surface area contributed by atoms with Gasteiger partial charge in [0.1, 0.15) is 0 Å². The van der Waals surface area contributed by atoms with Crippen molar-refractivity contribution in [3.8, 4) is 11.5 Å². The predicted octanol–water partition coefficient (Wildman–Crippen LogP) is 3.12. The van der Waals surface area contributed by atoms with E-state index in [0.717, 1.165) is 31.7 Å². The molecule has 1 aliphatic rings. The Morgan fingerprint density at radius 3 is 2.87 bits per heavy atom. The van der Waals surface area contributed by atoms with Crippen molar-refractivity contribution >= 4 is 0 Å². The van der Waals surface area contributed by atoms with Gasteiger partial charge in [0.15, 0.2) is 11.5 Å². The van der Waals surface area contributed by atoms with Crippen molar-refractivity contribution in [3.05, 3.63) is 23.8 Å². The normalized spacial score (nSPS) is 19.1. The number of halogens is 2. The molecule has 0 spiro atoms. The first kappa shape index (κ1) is 17.9. The molecule has 0 aliphatic carbocycles. The average molecular weight is 328 g/mol. The van der Waals surface area contributed by atoms with Gasteiger partial charge in [-0.1, -0.05) is 6.07 Å². The Bertz CT molecular complexity index is 484. The number of likely N-dealkylation sites (tertiary alicyclic amines) is 1. The molecule has 1 heterocycles. The molecule has 0 saturated carbocycles. The number of ether oxygens (including phenoxy) is 2. The Morgan fingerprint density at radius 1 is 1.35 bits per heavy atom. The second kappa shape index (κ2) is 9.03. The molecule has 0 radical (unpaired) electrons. The quantitative estimate of drug-likeness (QED) is 0.795. The minimum absolute atomic E-state index is 0.0947. The van der Waals surface area contributed by atoms with Crippen LogP contribution in [0.25, 0.3) is 0 Å². The number of alkyl halides is 2. The summed E-state index contributed by atoms with van der Waals surface area (Å²) in [6, 6.07) is 5.21. The monoisotopic (exact) mass is 328 g/mol. The van der Waals surface area contributed by atoms with E-state index in [1.807, 2.05) is 26.1 Å². The van der Waals surface area contributed by atoms with Gasteiger partial charge in [-0.15, -0.1) is 0 Å². The van der Waals surface area contributed by atoms with Gasteiger partial charge in [0.05, 0.1) is 6.61 Å². The van der Waals surface area contributed by atoms with Crippen molar-refractivity contribution in [2.24, 2.45) is 5.92 Å². The maximum atomic E-state index is 12.4. The topological polar surface area (TPSA) is 33.7 Å². The van der Waals surface area contributed by atoms with Crippen molar-refractivity contribution in [3.63, 3.8) is 0 Å². The maximum Gasteiger partial charge on any atom is 0.387 e. The van der Waals surface area contributed by atoms with Crippen molar-refractivity contribution in [2.75, 3.05) is 33.3 Å². The van der Waals surface area contributed by atoms with Crippen LogP contribution in [0.5, 0.6) is 11.5 Å². The van der Waals surface area contributed by atoms with E-state index in [4.69, 9.17) is 4.74 Å². The van der Waals surface area contributed by atoms with Gasteiger partial charge in [0.2, 0.25) is 0 Å². The number of piperidine rings is 1. The lowest BCUT2D eigenvalue weighted by Crippen LogP contribution is -2.38. The third-order valence-electron chi connectivity index (χ3n) is 4.03. The van der Waals surface area contributed by atoms with Crippen LogP contribution in [0.4, 0.5) is 8.78 Å². The average Bonchev–Trinajstić information content (AvgIpc) is 2.50. The first-order valence-electron chi connectivity index (χ1n) is 8.19. The molecular weight excluding hydrogens is 302 g/mol. The summed E-state index contributed by atoms with van der Waals surface area (Å²) < 4.78 is 34.8. The summed E-state index contributed by atoms with van der Waals surface area (Å²) >= 11 is 0. The molecule has 1 aromatic rings. The van der Waals surface area contributed by atoms with Gasteiger partial charge >= 0.3 is 6.61 Å². The van der Waals surface area contributed by atoms with E-state index in [2.05, 4.69) is 15.0 Å². The van der Waals surface area contributed by atoms with E-state index >= 15 is 0 Å². The highest BCUT2D eigenvalue weighted by atomic mass is 19.3. The van der Waals surface area contributed by atoms with Gasteiger partial charge in [-0.2, -0.15) is 8.78 Å². The SMILES string of the molecule is CCOc1cc(CN2CCCC(CNC)C2)ccc1OC(F)F. The molecule has 1 unspecified atom stereocenters. The fourth-order valence-corrected chi connectivity index (χ4v) is 3.12. The number of rotatable bonds is 8. The third-order valence-corrected chi connectivity index (χ3v) is 4.03. The molecule has 1 aromatic carbocycles. The van der Waals surface area contributed by atoms with Gasteiger partial charge < -0.3 is 14.8 Å². The van der Waals surface area contributed by atoms with Crippen LogP contribution in [0, 0.1) is 5.92 Å². The maximum absolute atomic E-state index is 12.4. The predicted molar refractivity (Wildman–Crippen MR) is 86.2 cm³/mol. The second-order valence-electron chi connectivity index (χ2n) is 5.89. The van der Waals surface area contributed by atoms with Crippen LogP contribution in [-0.2, 0) is 6.54 Å².